The largest absolute Gasteiger partial charge is 0.478 e. The Labute approximate surface area is 109 Å². The van der Waals surface area contributed by atoms with Crippen molar-refractivity contribution in [1.82, 2.24) is 0 Å². The highest BCUT2D eigenvalue weighted by molar-refractivity contribution is 5.96. The van der Waals surface area contributed by atoms with Crippen LogP contribution in [0.3, 0.4) is 0 Å². The number of rotatable bonds is 2. The van der Waals surface area contributed by atoms with Gasteiger partial charge in [-0.2, -0.15) is 0 Å². The van der Waals surface area contributed by atoms with Crippen LogP contribution in [0.25, 0.3) is 11.1 Å². The zero-order valence-electron chi connectivity index (χ0n) is 9.55. The van der Waals surface area contributed by atoms with Gasteiger partial charge < -0.3 is 5.11 Å². The molecule has 0 amide bonds. The fourth-order valence-corrected chi connectivity index (χ4v) is 1.73. The smallest absolute Gasteiger partial charge is 0.336 e. The molecule has 0 radical (unpaired) electrons. The Hall–Kier alpha value is -2.44. The minimum absolute atomic E-state index is 0.573. The van der Waals surface area contributed by atoms with E-state index < -0.39 is 51.7 Å². The highest BCUT2D eigenvalue weighted by Gasteiger charge is 2.28. The Morgan fingerprint density at radius 2 is 1.25 bits per heavy atom. The second-order valence-corrected chi connectivity index (χ2v) is 3.80. The molecule has 2 nitrogen and oxygen atoms in total. The molecule has 0 unspecified atom stereocenters. The molecule has 0 atom stereocenters. The van der Waals surface area contributed by atoms with Gasteiger partial charge in [-0.05, 0) is 6.07 Å². The van der Waals surface area contributed by atoms with Crippen LogP contribution in [0, 0.1) is 29.1 Å². The van der Waals surface area contributed by atoms with E-state index in [4.69, 9.17) is 5.11 Å². The molecule has 1 N–H and O–H groups in total. The van der Waals surface area contributed by atoms with Gasteiger partial charge in [0.2, 0.25) is 5.82 Å². The molecule has 0 saturated heterocycles. The van der Waals surface area contributed by atoms with Crippen LogP contribution in [0.5, 0.6) is 0 Å². The first-order valence-corrected chi connectivity index (χ1v) is 5.20. The zero-order valence-corrected chi connectivity index (χ0v) is 9.55. The van der Waals surface area contributed by atoms with Gasteiger partial charge in [0.1, 0.15) is 0 Å². The molecule has 0 aromatic heterocycles. The predicted octanol–water partition coefficient (Wildman–Crippen LogP) is 3.75. The molecule has 0 aliphatic rings. The SMILES string of the molecule is O=C(O)c1ccccc1-c1c(F)c(F)c(F)c(F)c1F. The Bertz CT molecular complexity index is 683. The lowest BCUT2D eigenvalue weighted by Gasteiger charge is -2.10. The maximum atomic E-state index is 13.6. The minimum Gasteiger partial charge on any atom is -0.478 e. The fraction of sp³-hybridized carbons (Fsp3) is 0. The van der Waals surface area contributed by atoms with Crippen molar-refractivity contribution in [1.29, 1.82) is 0 Å². The molecule has 0 spiro atoms. The van der Waals surface area contributed by atoms with Crippen molar-refractivity contribution >= 4 is 5.97 Å². The zero-order chi connectivity index (χ0) is 15.0. The molecule has 0 fully saturated rings. The van der Waals surface area contributed by atoms with E-state index >= 15 is 0 Å². The molecule has 104 valence electrons. The van der Waals surface area contributed by atoms with Gasteiger partial charge in [0.25, 0.3) is 0 Å². The Morgan fingerprint density at radius 1 is 0.800 bits per heavy atom. The molecule has 0 aliphatic heterocycles. The quantitative estimate of drug-likeness (QED) is 0.519. The molecular formula is C13H5F5O2. The van der Waals surface area contributed by atoms with Gasteiger partial charge >= 0.3 is 5.97 Å². The lowest BCUT2D eigenvalue weighted by atomic mass is 9.98. The van der Waals surface area contributed by atoms with Gasteiger partial charge in [0.15, 0.2) is 23.3 Å². The van der Waals surface area contributed by atoms with Gasteiger partial charge in [0, 0.05) is 5.56 Å². The lowest BCUT2D eigenvalue weighted by molar-refractivity contribution is 0.0697. The maximum Gasteiger partial charge on any atom is 0.336 e. The van der Waals surface area contributed by atoms with Crippen LogP contribution in [0.1, 0.15) is 10.4 Å². The average molecular weight is 288 g/mol. The van der Waals surface area contributed by atoms with Crippen LogP contribution in [0.2, 0.25) is 0 Å². The molecule has 0 saturated carbocycles. The molecule has 0 heterocycles. The second kappa shape index (κ2) is 4.92. The van der Waals surface area contributed by atoms with Gasteiger partial charge in [0.05, 0.1) is 11.1 Å². The van der Waals surface area contributed by atoms with Crippen molar-refractivity contribution in [2.75, 3.05) is 0 Å². The van der Waals surface area contributed by atoms with Gasteiger partial charge in [-0.25, -0.2) is 26.7 Å². The first-order chi connectivity index (χ1) is 9.36. The minimum atomic E-state index is -2.29. The van der Waals surface area contributed by atoms with E-state index in [1.165, 1.54) is 12.1 Å². The number of hydrogen-bond acceptors (Lipinski definition) is 1. The summed E-state index contributed by atoms with van der Waals surface area (Å²) in [4.78, 5) is 10.9. The molecule has 2 aromatic rings. The highest BCUT2D eigenvalue weighted by Crippen LogP contribution is 2.33. The summed E-state index contributed by atoms with van der Waals surface area (Å²) in [5, 5.41) is 8.90. The first-order valence-electron chi connectivity index (χ1n) is 5.20. The summed E-state index contributed by atoms with van der Waals surface area (Å²) in [6.07, 6.45) is 0. The number of benzene rings is 2. The summed E-state index contributed by atoms with van der Waals surface area (Å²) in [5.41, 5.74) is -2.43. The average Bonchev–Trinajstić information content (AvgIpc) is 2.43. The summed E-state index contributed by atoms with van der Waals surface area (Å²) in [6.45, 7) is 0. The van der Waals surface area contributed by atoms with Crippen LogP contribution in [-0.4, -0.2) is 11.1 Å². The molecule has 20 heavy (non-hydrogen) atoms. The third kappa shape index (κ3) is 2.01. The standard InChI is InChI=1S/C13H5F5O2/c14-8-7(9(15)11(17)12(18)10(8)16)5-3-1-2-4-6(5)13(19)20/h1-4H,(H,19,20). The maximum absolute atomic E-state index is 13.6. The normalized spacial score (nSPS) is 10.7. The molecule has 2 rings (SSSR count). The summed E-state index contributed by atoms with van der Waals surface area (Å²) in [7, 11) is 0. The fourth-order valence-electron chi connectivity index (χ4n) is 1.73. The van der Waals surface area contributed by atoms with Crippen LogP contribution in [0.15, 0.2) is 24.3 Å². The number of hydrogen-bond donors (Lipinski definition) is 1. The molecule has 7 heteroatoms. The monoisotopic (exact) mass is 288 g/mol. The van der Waals surface area contributed by atoms with Gasteiger partial charge in [-0.1, -0.05) is 18.2 Å². The van der Waals surface area contributed by atoms with Crippen LogP contribution >= 0.6 is 0 Å². The lowest BCUT2D eigenvalue weighted by Crippen LogP contribution is -2.07. The van der Waals surface area contributed by atoms with Gasteiger partial charge in [-0.3, -0.25) is 0 Å². The van der Waals surface area contributed by atoms with Crippen molar-refractivity contribution in [3.63, 3.8) is 0 Å². The van der Waals surface area contributed by atoms with Crippen LogP contribution in [0.4, 0.5) is 22.0 Å². The van der Waals surface area contributed by atoms with E-state index in [0.29, 0.717) is 0 Å². The number of carboxylic acids is 1. The van der Waals surface area contributed by atoms with Crippen molar-refractivity contribution in [3.8, 4) is 11.1 Å². The summed E-state index contributed by atoms with van der Waals surface area (Å²) < 4.78 is 66.4. The Balaban J connectivity index is 2.88. The van der Waals surface area contributed by atoms with E-state index in [0.717, 1.165) is 12.1 Å². The third-order valence-corrected chi connectivity index (χ3v) is 2.64. The second-order valence-electron chi connectivity index (χ2n) is 3.80. The molecule has 0 bridgehead atoms. The van der Waals surface area contributed by atoms with E-state index in [1.807, 2.05) is 0 Å². The molecule has 2 aromatic carbocycles. The van der Waals surface area contributed by atoms with Crippen LogP contribution < -0.4 is 0 Å². The van der Waals surface area contributed by atoms with Crippen molar-refractivity contribution in [2.24, 2.45) is 0 Å². The van der Waals surface area contributed by atoms with Crippen LogP contribution in [-0.2, 0) is 0 Å². The molecular weight excluding hydrogens is 283 g/mol. The number of carboxylic acid groups (broad SMARTS) is 1. The first kappa shape index (κ1) is 14.0. The topological polar surface area (TPSA) is 37.3 Å². The van der Waals surface area contributed by atoms with Crippen molar-refractivity contribution in [3.05, 3.63) is 58.9 Å². The number of aromatic carboxylic acids is 1. The summed E-state index contributed by atoms with van der Waals surface area (Å²) in [6, 6.07) is 4.44. The van der Waals surface area contributed by atoms with E-state index in [1.54, 1.807) is 0 Å². The van der Waals surface area contributed by atoms with E-state index in [2.05, 4.69) is 0 Å². The van der Waals surface area contributed by atoms with Crippen molar-refractivity contribution < 1.29 is 31.9 Å². The highest BCUT2D eigenvalue weighted by atomic mass is 19.2. The van der Waals surface area contributed by atoms with E-state index in [-0.39, 0.29) is 0 Å². The Kier molecular flexibility index (Phi) is 3.44. The van der Waals surface area contributed by atoms with Gasteiger partial charge in [-0.15, -0.1) is 0 Å². The third-order valence-electron chi connectivity index (χ3n) is 2.64. The van der Waals surface area contributed by atoms with E-state index in [9.17, 15) is 26.7 Å². The number of halogens is 5. The summed E-state index contributed by atoms with van der Waals surface area (Å²) in [5.74, 6) is -12.2. The number of carbonyl (C=O) groups is 1. The Morgan fingerprint density at radius 3 is 1.75 bits per heavy atom. The molecule has 0 aliphatic carbocycles. The predicted molar refractivity (Wildman–Crippen MR) is 58.6 cm³/mol. The van der Waals surface area contributed by atoms with Crippen molar-refractivity contribution in [2.45, 2.75) is 0 Å². The summed E-state index contributed by atoms with van der Waals surface area (Å²) >= 11 is 0.